The van der Waals surface area contributed by atoms with Gasteiger partial charge in [0, 0.05) is 5.56 Å². The zero-order valence-corrected chi connectivity index (χ0v) is 15.9. The number of rotatable bonds is 5. The lowest BCUT2D eigenvalue weighted by atomic mass is 9.71. The summed E-state index contributed by atoms with van der Waals surface area (Å²) in [6.07, 6.45) is 14.8. The average molecular weight is 360 g/mol. The van der Waals surface area contributed by atoms with E-state index in [-0.39, 0.29) is 5.75 Å². The highest BCUT2D eigenvalue weighted by Gasteiger charge is 2.29. The van der Waals surface area contributed by atoms with E-state index in [4.69, 9.17) is 4.74 Å². The molecule has 142 valence electrons. The van der Waals surface area contributed by atoms with Gasteiger partial charge in [0.2, 0.25) is 5.82 Å². The molecule has 0 aromatic heterocycles. The molecule has 0 radical (unpaired) electrons. The number of halogens is 2. The SMILES string of the molecule is C/C=C/[C@H]1CC[C@H](C2CC=C(c3ccc(OCC)c(F)c3F)CC2)CC1. The zero-order chi connectivity index (χ0) is 18.5. The number of hydrogen-bond donors (Lipinski definition) is 0. The molecule has 0 amide bonds. The van der Waals surface area contributed by atoms with Crippen LogP contribution in [-0.4, -0.2) is 6.61 Å². The Labute approximate surface area is 156 Å². The summed E-state index contributed by atoms with van der Waals surface area (Å²) < 4.78 is 33.7. The highest BCUT2D eigenvalue weighted by Crippen LogP contribution is 2.42. The van der Waals surface area contributed by atoms with Gasteiger partial charge in [-0.15, -0.1) is 0 Å². The highest BCUT2D eigenvalue weighted by atomic mass is 19.2. The Morgan fingerprint density at radius 1 is 1.04 bits per heavy atom. The summed E-state index contributed by atoms with van der Waals surface area (Å²) in [6.45, 7) is 4.19. The number of ether oxygens (including phenoxy) is 1. The van der Waals surface area contributed by atoms with Crippen molar-refractivity contribution in [1.29, 1.82) is 0 Å². The van der Waals surface area contributed by atoms with E-state index in [0.717, 1.165) is 36.7 Å². The molecule has 1 unspecified atom stereocenters. The smallest absolute Gasteiger partial charge is 0.201 e. The molecule has 3 rings (SSSR count). The molecule has 1 atom stereocenters. The predicted octanol–water partition coefficient (Wildman–Crippen LogP) is 6.93. The van der Waals surface area contributed by atoms with Gasteiger partial charge in [-0.05, 0) is 94.3 Å². The van der Waals surface area contributed by atoms with E-state index in [1.54, 1.807) is 19.1 Å². The Morgan fingerprint density at radius 3 is 2.42 bits per heavy atom. The lowest BCUT2D eigenvalue weighted by Gasteiger charge is -2.35. The molecule has 0 N–H and O–H groups in total. The summed E-state index contributed by atoms with van der Waals surface area (Å²) in [5, 5.41) is 0. The Kier molecular flexibility index (Phi) is 6.50. The van der Waals surface area contributed by atoms with Crippen molar-refractivity contribution >= 4 is 5.57 Å². The Hall–Kier alpha value is -1.64. The Bertz CT molecular complexity index is 669. The molecule has 0 spiro atoms. The lowest BCUT2D eigenvalue weighted by molar-refractivity contribution is 0.212. The van der Waals surface area contributed by atoms with Crippen LogP contribution in [-0.2, 0) is 0 Å². The average Bonchev–Trinajstić information content (AvgIpc) is 2.67. The molecule has 1 fully saturated rings. The molecule has 0 bridgehead atoms. The van der Waals surface area contributed by atoms with Gasteiger partial charge in [-0.1, -0.05) is 18.2 Å². The predicted molar refractivity (Wildman–Crippen MR) is 103 cm³/mol. The van der Waals surface area contributed by atoms with Gasteiger partial charge in [0.15, 0.2) is 11.6 Å². The van der Waals surface area contributed by atoms with Crippen molar-refractivity contribution in [2.75, 3.05) is 6.61 Å². The summed E-state index contributed by atoms with van der Waals surface area (Å²) in [5.41, 5.74) is 1.35. The first-order chi connectivity index (χ1) is 12.6. The van der Waals surface area contributed by atoms with Gasteiger partial charge in [0.1, 0.15) is 0 Å². The molecule has 0 heterocycles. The molecule has 1 aromatic rings. The first-order valence-electron chi connectivity index (χ1n) is 10.1. The maximum atomic E-state index is 14.4. The summed E-state index contributed by atoms with van der Waals surface area (Å²) >= 11 is 0. The Morgan fingerprint density at radius 2 is 1.81 bits per heavy atom. The lowest BCUT2D eigenvalue weighted by Crippen LogP contribution is -2.22. The van der Waals surface area contributed by atoms with E-state index >= 15 is 0 Å². The van der Waals surface area contributed by atoms with Crippen molar-refractivity contribution in [2.24, 2.45) is 17.8 Å². The molecule has 2 aliphatic rings. The molecule has 1 nitrogen and oxygen atoms in total. The molecule has 3 heteroatoms. The minimum atomic E-state index is -0.866. The van der Waals surface area contributed by atoms with Gasteiger partial charge in [0.25, 0.3) is 0 Å². The van der Waals surface area contributed by atoms with Gasteiger partial charge in [-0.25, -0.2) is 4.39 Å². The standard InChI is InChI=1S/C23H30F2O/c1-3-5-16-6-8-17(9-7-16)18-10-12-19(13-11-18)20-14-15-21(26-4-2)23(25)22(20)24/h3,5,12,14-18H,4,6-11,13H2,1-2H3/b5-3+/t16-,17-,18?. The van der Waals surface area contributed by atoms with Gasteiger partial charge in [-0.2, -0.15) is 4.39 Å². The highest BCUT2D eigenvalue weighted by molar-refractivity contribution is 5.67. The topological polar surface area (TPSA) is 9.23 Å². The fourth-order valence-electron chi connectivity index (χ4n) is 4.65. The van der Waals surface area contributed by atoms with Crippen LogP contribution in [0.1, 0.15) is 64.4 Å². The first kappa shape index (κ1) is 19.1. The normalized spacial score (nSPS) is 26.8. The van der Waals surface area contributed by atoms with Crippen molar-refractivity contribution in [3.8, 4) is 5.75 Å². The second-order valence-corrected chi connectivity index (χ2v) is 7.64. The van der Waals surface area contributed by atoms with Crippen LogP contribution in [0.5, 0.6) is 5.75 Å². The third-order valence-corrected chi connectivity index (χ3v) is 6.09. The minimum Gasteiger partial charge on any atom is -0.491 e. The maximum absolute atomic E-state index is 14.4. The van der Waals surface area contributed by atoms with Crippen molar-refractivity contribution in [1.82, 2.24) is 0 Å². The second-order valence-electron chi connectivity index (χ2n) is 7.64. The number of benzene rings is 1. The number of hydrogen-bond acceptors (Lipinski definition) is 1. The van der Waals surface area contributed by atoms with Gasteiger partial charge in [0.05, 0.1) is 6.61 Å². The zero-order valence-electron chi connectivity index (χ0n) is 15.9. The van der Waals surface area contributed by atoms with Crippen molar-refractivity contribution in [2.45, 2.75) is 58.8 Å². The fraction of sp³-hybridized carbons (Fsp3) is 0.565. The van der Waals surface area contributed by atoms with Crippen molar-refractivity contribution in [3.63, 3.8) is 0 Å². The molecule has 26 heavy (non-hydrogen) atoms. The summed E-state index contributed by atoms with van der Waals surface area (Å²) in [6, 6.07) is 3.21. The summed E-state index contributed by atoms with van der Waals surface area (Å²) in [7, 11) is 0. The summed E-state index contributed by atoms with van der Waals surface area (Å²) in [5.74, 6) is 0.604. The largest absolute Gasteiger partial charge is 0.491 e. The van der Waals surface area contributed by atoms with Crippen LogP contribution in [0.2, 0.25) is 0 Å². The van der Waals surface area contributed by atoms with Crippen LogP contribution in [0.15, 0.2) is 30.4 Å². The van der Waals surface area contributed by atoms with Crippen LogP contribution in [0, 0.1) is 29.4 Å². The van der Waals surface area contributed by atoms with E-state index in [1.807, 2.05) is 0 Å². The quantitative estimate of drug-likeness (QED) is 0.517. The van der Waals surface area contributed by atoms with Crippen molar-refractivity contribution < 1.29 is 13.5 Å². The van der Waals surface area contributed by atoms with Crippen LogP contribution in [0.25, 0.3) is 5.57 Å². The summed E-state index contributed by atoms with van der Waals surface area (Å²) in [4.78, 5) is 0. The second kappa shape index (κ2) is 8.83. The maximum Gasteiger partial charge on any atom is 0.201 e. The fourth-order valence-corrected chi connectivity index (χ4v) is 4.65. The van der Waals surface area contributed by atoms with Gasteiger partial charge < -0.3 is 4.74 Å². The van der Waals surface area contributed by atoms with E-state index in [1.165, 1.54) is 25.7 Å². The molecule has 0 saturated heterocycles. The Balaban J connectivity index is 1.64. The molecule has 1 saturated carbocycles. The van der Waals surface area contributed by atoms with Gasteiger partial charge in [-0.3, -0.25) is 0 Å². The molecular weight excluding hydrogens is 330 g/mol. The van der Waals surface area contributed by atoms with E-state index in [2.05, 4.69) is 25.2 Å². The van der Waals surface area contributed by atoms with Crippen LogP contribution >= 0.6 is 0 Å². The third kappa shape index (κ3) is 4.19. The van der Waals surface area contributed by atoms with Crippen LogP contribution < -0.4 is 4.74 Å². The molecule has 2 aliphatic carbocycles. The minimum absolute atomic E-state index is 0.000856. The van der Waals surface area contributed by atoms with E-state index in [9.17, 15) is 8.78 Å². The third-order valence-electron chi connectivity index (χ3n) is 6.09. The van der Waals surface area contributed by atoms with E-state index < -0.39 is 11.6 Å². The van der Waals surface area contributed by atoms with Gasteiger partial charge >= 0.3 is 0 Å². The van der Waals surface area contributed by atoms with Crippen molar-refractivity contribution in [3.05, 3.63) is 47.6 Å². The molecule has 0 aliphatic heterocycles. The van der Waals surface area contributed by atoms with Crippen LogP contribution in [0.3, 0.4) is 0 Å². The van der Waals surface area contributed by atoms with Crippen LogP contribution in [0.4, 0.5) is 8.78 Å². The van der Waals surface area contributed by atoms with E-state index in [0.29, 0.717) is 18.1 Å². The first-order valence-corrected chi connectivity index (χ1v) is 10.1. The number of allylic oxidation sites excluding steroid dienone is 4. The monoisotopic (exact) mass is 360 g/mol. The molecular formula is C23H30F2O. The molecule has 1 aromatic carbocycles.